The van der Waals surface area contributed by atoms with Crippen molar-refractivity contribution in [2.75, 3.05) is 0 Å². The van der Waals surface area contributed by atoms with Crippen LogP contribution >= 0.6 is 11.8 Å². The van der Waals surface area contributed by atoms with Crippen molar-refractivity contribution in [3.05, 3.63) is 58.2 Å². The largest absolute Gasteiger partial charge is 0.290 e. The molecule has 3 aliphatic rings. The third-order valence-electron chi connectivity index (χ3n) is 7.58. The lowest BCUT2D eigenvalue weighted by Crippen LogP contribution is -2.38. The van der Waals surface area contributed by atoms with Crippen LogP contribution in [0.3, 0.4) is 0 Å². The zero-order chi connectivity index (χ0) is 21.5. The summed E-state index contributed by atoms with van der Waals surface area (Å²) in [6.45, 7) is 9.40. The lowest BCUT2D eigenvalue weighted by Gasteiger charge is -2.50. The fourth-order valence-electron chi connectivity index (χ4n) is 5.54. The van der Waals surface area contributed by atoms with Gasteiger partial charge in [0.25, 0.3) is 0 Å². The van der Waals surface area contributed by atoms with E-state index >= 15 is 0 Å². The van der Waals surface area contributed by atoms with Crippen LogP contribution < -0.4 is 0 Å². The van der Waals surface area contributed by atoms with Crippen LogP contribution in [0.1, 0.15) is 66.2 Å². The van der Waals surface area contributed by atoms with Gasteiger partial charge in [0, 0.05) is 11.8 Å². The molecule has 0 spiro atoms. The number of ketones is 2. The average Bonchev–Trinajstić information content (AvgIpc) is 2.71. The normalized spacial score (nSPS) is 28.7. The number of aromatic nitrogens is 1. The number of thioether (sulfide) groups is 1. The first-order chi connectivity index (χ1) is 14.2. The van der Waals surface area contributed by atoms with Crippen molar-refractivity contribution < 1.29 is 9.59 Å². The van der Waals surface area contributed by atoms with Crippen LogP contribution in [0.2, 0.25) is 0 Å². The molecule has 0 amide bonds. The van der Waals surface area contributed by atoms with Crippen molar-refractivity contribution in [1.82, 2.24) is 4.98 Å². The van der Waals surface area contributed by atoms with Gasteiger partial charge in [-0.1, -0.05) is 56.7 Å². The summed E-state index contributed by atoms with van der Waals surface area (Å²) < 4.78 is 0. The number of nitrogens with zero attached hydrogens (tertiary/aromatic N) is 1. The van der Waals surface area contributed by atoms with Gasteiger partial charge in [0.1, 0.15) is 5.03 Å². The van der Waals surface area contributed by atoms with E-state index in [1.54, 1.807) is 17.3 Å². The fourth-order valence-corrected chi connectivity index (χ4v) is 6.48. The molecule has 1 aromatic rings. The van der Waals surface area contributed by atoms with Gasteiger partial charge < -0.3 is 0 Å². The predicted molar refractivity (Wildman–Crippen MR) is 122 cm³/mol. The number of carbonyl (C=O) groups is 2. The van der Waals surface area contributed by atoms with Crippen LogP contribution in [-0.4, -0.2) is 16.6 Å². The van der Waals surface area contributed by atoms with E-state index in [2.05, 4.69) is 32.7 Å². The third kappa shape index (κ3) is 3.75. The van der Waals surface area contributed by atoms with Gasteiger partial charge in [-0.3, -0.25) is 9.59 Å². The van der Waals surface area contributed by atoms with E-state index in [1.807, 2.05) is 18.2 Å². The molecule has 30 heavy (non-hydrogen) atoms. The van der Waals surface area contributed by atoms with Crippen molar-refractivity contribution in [3.8, 4) is 0 Å². The molecule has 0 fully saturated rings. The zero-order valence-electron chi connectivity index (χ0n) is 18.5. The monoisotopic (exact) mass is 421 g/mol. The van der Waals surface area contributed by atoms with Gasteiger partial charge in [-0.2, -0.15) is 0 Å². The molecule has 0 saturated heterocycles. The van der Waals surface area contributed by atoms with Crippen LogP contribution in [-0.2, 0) is 9.59 Å². The second-order valence-electron chi connectivity index (χ2n) is 9.87. The Kier molecular flexibility index (Phi) is 5.65. The Bertz CT molecular complexity index is 970. The van der Waals surface area contributed by atoms with Gasteiger partial charge in [-0.15, -0.1) is 0 Å². The van der Waals surface area contributed by atoms with Gasteiger partial charge in [0.2, 0.25) is 0 Å². The van der Waals surface area contributed by atoms with E-state index in [0.717, 1.165) is 17.9 Å². The SMILES string of the molecule is C[C@@H]1CCC2=C(CCCC2(C)C)[C@@]1(C)CC1=C(Sc2ccccn2)C(=O)C=CC1=O. The summed E-state index contributed by atoms with van der Waals surface area (Å²) in [7, 11) is 0. The summed E-state index contributed by atoms with van der Waals surface area (Å²) >= 11 is 1.33. The Balaban J connectivity index is 1.78. The smallest absolute Gasteiger partial charge is 0.193 e. The summed E-state index contributed by atoms with van der Waals surface area (Å²) in [4.78, 5) is 30.7. The van der Waals surface area contributed by atoms with Crippen molar-refractivity contribution in [2.45, 2.75) is 71.2 Å². The molecule has 3 nitrogen and oxygen atoms in total. The summed E-state index contributed by atoms with van der Waals surface area (Å²) in [6.07, 6.45) is 11.1. The van der Waals surface area contributed by atoms with Crippen LogP contribution in [0, 0.1) is 16.7 Å². The van der Waals surface area contributed by atoms with Gasteiger partial charge in [-0.05, 0) is 79.6 Å². The molecular weight excluding hydrogens is 390 g/mol. The minimum absolute atomic E-state index is 0.0238. The molecule has 0 radical (unpaired) electrons. The van der Waals surface area contributed by atoms with E-state index in [0.29, 0.717) is 22.8 Å². The topological polar surface area (TPSA) is 47.0 Å². The summed E-state index contributed by atoms with van der Waals surface area (Å²) in [5, 5.41) is 0.752. The minimum atomic E-state index is -0.0857. The predicted octanol–water partition coefficient (Wildman–Crippen LogP) is 6.47. The Morgan fingerprint density at radius 1 is 1.07 bits per heavy atom. The van der Waals surface area contributed by atoms with Crippen LogP contribution in [0.25, 0.3) is 0 Å². The van der Waals surface area contributed by atoms with E-state index < -0.39 is 0 Å². The lowest BCUT2D eigenvalue weighted by molar-refractivity contribution is -0.115. The molecule has 0 aliphatic heterocycles. The highest BCUT2D eigenvalue weighted by Crippen LogP contribution is 2.57. The fraction of sp³-hybridized carbons (Fsp3) is 0.500. The van der Waals surface area contributed by atoms with Crippen molar-refractivity contribution in [1.29, 1.82) is 0 Å². The van der Waals surface area contributed by atoms with E-state index in [9.17, 15) is 9.59 Å². The minimum Gasteiger partial charge on any atom is -0.290 e. The first kappa shape index (κ1) is 21.3. The molecule has 1 aromatic heterocycles. The Hall–Kier alpha value is -1.94. The van der Waals surface area contributed by atoms with Gasteiger partial charge in [0.05, 0.1) is 4.91 Å². The number of pyridine rings is 1. The van der Waals surface area contributed by atoms with Crippen molar-refractivity contribution in [2.24, 2.45) is 16.7 Å². The highest BCUT2D eigenvalue weighted by Gasteiger charge is 2.46. The maximum absolute atomic E-state index is 13.0. The first-order valence-electron chi connectivity index (χ1n) is 11.0. The molecule has 0 aromatic carbocycles. The summed E-state index contributed by atoms with van der Waals surface area (Å²) in [6, 6.07) is 5.66. The maximum Gasteiger partial charge on any atom is 0.193 e. The number of carbonyl (C=O) groups excluding carboxylic acids is 2. The first-order valence-corrected chi connectivity index (χ1v) is 11.9. The average molecular weight is 422 g/mol. The molecule has 0 saturated carbocycles. The maximum atomic E-state index is 13.0. The van der Waals surface area contributed by atoms with Crippen molar-refractivity contribution >= 4 is 23.3 Å². The zero-order valence-corrected chi connectivity index (χ0v) is 19.3. The summed E-state index contributed by atoms with van der Waals surface area (Å²) in [5.41, 5.74) is 3.99. The molecule has 0 N–H and O–H groups in total. The molecule has 4 heteroatoms. The van der Waals surface area contributed by atoms with Gasteiger partial charge in [0.15, 0.2) is 11.6 Å². The molecular formula is C26H31NO2S. The quantitative estimate of drug-likeness (QED) is 0.413. The third-order valence-corrected chi connectivity index (χ3v) is 8.69. The van der Waals surface area contributed by atoms with E-state index in [4.69, 9.17) is 0 Å². The van der Waals surface area contributed by atoms with Gasteiger partial charge in [-0.25, -0.2) is 4.98 Å². The highest BCUT2D eigenvalue weighted by molar-refractivity contribution is 8.04. The Morgan fingerprint density at radius 3 is 2.57 bits per heavy atom. The highest BCUT2D eigenvalue weighted by atomic mass is 32.2. The molecule has 1 heterocycles. The Labute approximate surface area is 184 Å². The second kappa shape index (κ2) is 7.96. The number of allylic oxidation sites excluding steroid dienone is 6. The molecule has 2 atom stereocenters. The van der Waals surface area contributed by atoms with E-state index in [-0.39, 0.29) is 22.4 Å². The number of hydrogen-bond acceptors (Lipinski definition) is 4. The van der Waals surface area contributed by atoms with Crippen LogP contribution in [0.4, 0.5) is 0 Å². The van der Waals surface area contributed by atoms with E-state index in [1.165, 1.54) is 43.2 Å². The van der Waals surface area contributed by atoms with Crippen LogP contribution in [0.5, 0.6) is 0 Å². The van der Waals surface area contributed by atoms with Crippen LogP contribution in [0.15, 0.2) is 63.2 Å². The van der Waals surface area contributed by atoms with Crippen molar-refractivity contribution in [3.63, 3.8) is 0 Å². The number of hydrogen-bond donors (Lipinski definition) is 0. The molecule has 158 valence electrons. The molecule has 4 rings (SSSR count). The molecule has 3 aliphatic carbocycles. The summed E-state index contributed by atoms with van der Waals surface area (Å²) in [5.74, 6) is 0.377. The van der Waals surface area contributed by atoms with Gasteiger partial charge >= 0.3 is 0 Å². The molecule has 0 bridgehead atoms. The standard InChI is InChI=1S/C26H31NO2S/c1-17-10-11-19-20(8-7-14-25(19,2)3)26(17,4)16-18-21(28)12-13-22(29)24(18)30-23-9-5-6-15-27-23/h5-6,9,12-13,15,17H,7-8,10-11,14,16H2,1-4H3/t17-,26+/m1/s1. The lowest BCUT2D eigenvalue weighted by atomic mass is 9.55. The number of rotatable bonds is 4. The molecule has 0 unspecified atom stereocenters. The Morgan fingerprint density at radius 2 is 1.83 bits per heavy atom. The second-order valence-corrected chi connectivity index (χ2v) is 10.9.